The molecule has 0 radical (unpaired) electrons. The van der Waals surface area contributed by atoms with E-state index in [1.54, 1.807) is 0 Å². The zero-order valence-corrected chi connectivity index (χ0v) is 14.5. The molecule has 0 spiro atoms. The van der Waals surface area contributed by atoms with E-state index < -0.39 is 5.25 Å². The van der Waals surface area contributed by atoms with Crippen molar-refractivity contribution in [1.82, 2.24) is 0 Å². The van der Waals surface area contributed by atoms with Gasteiger partial charge in [-0.15, -0.1) is 11.8 Å². The molecule has 0 aromatic heterocycles. The lowest BCUT2D eigenvalue weighted by atomic mass is 9.98. The Bertz CT molecular complexity index is 589. The molecule has 0 saturated carbocycles. The molecule has 1 aromatic rings. The number of carbonyl (C=O) groups is 1. The van der Waals surface area contributed by atoms with Gasteiger partial charge in [0.1, 0.15) is 5.25 Å². The fourth-order valence-electron chi connectivity index (χ4n) is 2.23. The molecule has 1 aromatic carbocycles. The Labute approximate surface area is 142 Å². The molecular formula is C18H23N3OS. The normalized spacial score (nSPS) is 12.7. The maximum absolute atomic E-state index is 12.4. The minimum atomic E-state index is -0.430. The number of amides is 1. The molecule has 0 heterocycles. The average Bonchev–Trinajstić information content (AvgIpc) is 2.56. The summed E-state index contributed by atoms with van der Waals surface area (Å²) in [4.78, 5) is 13.3. The van der Waals surface area contributed by atoms with E-state index in [0.717, 1.165) is 36.3 Å². The van der Waals surface area contributed by atoms with Crippen molar-refractivity contribution in [2.75, 3.05) is 5.32 Å². The van der Waals surface area contributed by atoms with Crippen molar-refractivity contribution in [3.63, 3.8) is 0 Å². The van der Waals surface area contributed by atoms with E-state index in [9.17, 15) is 4.79 Å². The third-order valence-electron chi connectivity index (χ3n) is 3.60. The molecule has 0 bridgehead atoms. The van der Waals surface area contributed by atoms with Crippen LogP contribution >= 0.6 is 11.8 Å². The van der Waals surface area contributed by atoms with Gasteiger partial charge in [-0.05, 0) is 25.0 Å². The van der Waals surface area contributed by atoms with Crippen molar-refractivity contribution in [1.29, 1.82) is 10.5 Å². The highest BCUT2D eigenvalue weighted by molar-refractivity contribution is 8.00. The van der Waals surface area contributed by atoms with Crippen LogP contribution in [0.4, 0.5) is 5.69 Å². The van der Waals surface area contributed by atoms with Crippen LogP contribution in [0.3, 0.4) is 0 Å². The van der Waals surface area contributed by atoms with Crippen LogP contribution in [0.15, 0.2) is 29.2 Å². The fraction of sp³-hybridized carbons (Fsp3) is 0.500. The molecule has 0 aliphatic heterocycles. The number of unbranched alkanes of at least 4 members (excludes halogenated alkanes) is 1. The van der Waals surface area contributed by atoms with Gasteiger partial charge >= 0.3 is 0 Å². The minimum Gasteiger partial charge on any atom is -0.325 e. The van der Waals surface area contributed by atoms with Crippen LogP contribution < -0.4 is 5.32 Å². The summed E-state index contributed by atoms with van der Waals surface area (Å²) in [6.07, 6.45) is 3.99. The fourth-order valence-corrected chi connectivity index (χ4v) is 3.15. The van der Waals surface area contributed by atoms with Gasteiger partial charge in [-0.2, -0.15) is 10.5 Å². The molecule has 23 heavy (non-hydrogen) atoms. The lowest BCUT2D eigenvalue weighted by Crippen LogP contribution is -2.22. The summed E-state index contributed by atoms with van der Waals surface area (Å²) in [5.74, 6) is 0.0432. The summed E-state index contributed by atoms with van der Waals surface area (Å²) in [6, 6.07) is 11.6. The van der Waals surface area contributed by atoms with Crippen LogP contribution in [-0.2, 0) is 4.79 Å². The lowest BCUT2D eigenvalue weighted by molar-refractivity contribution is -0.120. The summed E-state index contributed by atoms with van der Waals surface area (Å²) in [7, 11) is 0. The molecule has 2 unspecified atom stereocenters. The molecule has 2 atom stereocenters. The average molecular weight is 329 g/mol. The van der Waals surface area contributed by atoms with E-state index in [0.29, 0.717) is 0 Å². The van der Waals surface area contributed by atoms with Gasteiger partial charge < -0.3 is 5.32 Å². The first kappa shape index (κ1) is 19.1. The highest BCUT2D eigenvalue weighted by atomic mass is 32.2. The van der Waals surface area contributed by atoms with Crippen LogP contribution in [0, 0.1) is 28.6 Å². The quantitative estimate of drug-likeness (QED) is 0.664. The predicted molar refractivity (Wildman–Crippen MR) is 93.9 cm³/mol. The number of rotatable bonds is 9. The number of anilines is 1. The summed E-state index contributed by atoms with van der Waals surface area (Å²) in [5, 5.41) is 20.4. The molecule has 122 valence electrons. The van der Waals surface area contributed by atoms with Crippen molar-refractivity contribution >= 4 is 23.4 Å². The number of hydrogen-bond donors (Lipinski definition) is 1. The number of nitriles is 2. The van der Waals surface area contributed by atoms with Crippen molar-refractivity contribution < 1.29 is 4.79 Å². The van der Waals surface area contributed by atoms with E-state index >= 15 is 0 Å². The third kappa shape index (κ3) is 6.34. The Morgan fingerprint density at radius 2 is 2.04 bits per heavy atom. The smallest absolute Gasteiger partial charge is 0.227 e. The molecule has 1 N–H and O–H groups in total. The van der Waals surface area contributed by atoms with Gasteiger partial charge in [0.15, 0.2) is 0 Å². The largest absolute Gasteiger partial charge is 0.325 e. The van der Waals surface area contributed by atoms with Gasteiger partial charge in [0.25, 0.3) is 0 Å². The van der Waals surface area contributed by atoms with E-state index in [-0.39, 0.29) is 18.2 Å². The van der Waals surface area contributed by atoms with Crippen LogP contribution in [0.1, 0.15) is 46.0 Å². The predicted octanol–water partition coefficient (Wildman–Crippen LogP) is 4.74. The SMILES string of the molecule is CCCCC(CC)C(=O)Nc1ccccc1SC(C#N)CC#N. The van der Waals surface area contributed by atoms with Crippen LogP contribution in [0.2, 0.25) is 0 Å². The molecule has 4 nitrogen and oxygen atoms in total. The van der Waals surface area contributed by atoms with Crippen LogP contribution in [0.5, 0.6) is 0 Å². The van der Waals surface area contributed by atoms with Gasteiger partial charge in [-0.25, -0.2) is 0 Å². The number of carbonyl (C=O) groups excluding carboxylic acids is 1. The Balaban J connectivity index is 2.82. The van der Waals surface area contributed by atoms with Crippen molar-refractivity contribution in [3.8, 4) is 12.1 Å². The Kier molecular flexibility index (Phi) is 8.87. The highest BCUT2D eigenvalue weighted by Crippen LogP contribution is 2.32. The molecular weight excluding hydrogens is 306 g/mol. The summed E-state index contributed by atoms with van der Waals surface area (Å²) in [5.41, 5.74) is 0.718. The number of para-hydroxylation sites is 1. The third-order valence-corrected chi connectivity index (χ3v) is 4.77. The summed E-state index contributed by atoms with van der Waals surface area (Å²) < 4.78 is 0. The molecule has 1 rings (SSSR count). The summed E-state index contributed by atoms with van der Waals surface area (Å²) >= 11 is 1.32. The molecule has 0 fully saturated rings. The topological polar surface area (TPSA) is 76.7 Å². The van der Waals surface area contributed by atoms with Crippen LogP contribution in [-0.4, -0.2) is 11.2 Å². The first-order valence-electron chi connectivity index (χ1n) is 7.99. The second-order valence-corrected chi connectivity index (χ2v) is 6.58. The second-order valence-electron chi connectivity index (χ2n) is 5.33. The van der Waals surface area contributed by atoms with E-state index in [1.165, 1.54) is 11.8 Å². The number of benzene rings is 1. The van der Waals surface area contributed by atoms with Crippen LogP contribution in [0.25, 0.3) is 0 Å². The van der Waals surface area contributed by atoms with E-state index in [1.807, 2.05) is 37.3 Å². The Hall–Kier alpha value is -1.98. The molecule has 1 amide bonds. The zero-order chi connectivity index (χ0) is 17.1. The van der Waals surface area contributed by atoms with Gasteiger partial charge in [0, 0.05) is 10.8 Å². The monoisotopic (exact) mass is 329 g/mol. The minimum absolute atomic E-state index is 0.0129. The maximum atomic E-state index is 12.4. The standard InChI is InChI=1S/C18H23N3OS/c1-3-5-8-14(4-2)18(22)21-16-9-6-7-10-17(16)23-15(13-20)11-12-19/h6-7,9-10,14-15H,3-5,8,11H2,1-2H3,(H,21,22). The first-order valence-corrected chi connectivity index (χ1v) is 8.87. The lowest BCUT2D eigenvalue weighted by Gasteiger charge is -2.17. The van der Waals surface area contributed by atoms with Gasteiger partial charge in [0.2, 0.25) is 5.91 Å². The molecule has 0 aliphatic rings. The maximum Gasteiger partial charge on any atom is 0.227 e. The molecule has 0 saturated heterocycles. The van der Waals surface area contributed by atoms with Gasteiger partial charge in [-0.3, -0.25) is 4.79 Å². The first-order chi connectivity index (χ1) is 11.2. The molecule has 0 aliphatic carbocycles. The van der Waals surface area contributed by atoms with Gasteiger partial charge in [0.05, 0.1) is 24.2 Å². The van der Waals surface area contributed by atoms with E-state index in [2.05, 4.69) is 18.3 Å². The van der Waals surface area contributed by atoms with Crippen molar-refractivity contribution in [3.05, 3.63) is 24.3 Å². The number of thioether (sulfide) groups is 1. The molecule has 5 heteroatoms. The van der Waals surface area contributed by atoms with Gasteiger partial charge in [-0.1, -0.05) is 38.8 Å². The van der Waals surface area contributed by atoms with Crippen molar-refractivity contribution in [2.24, 2.45) is 5.92 Å². The Morgan fingerprint density at radius 3 is 2.65 bits per heavy atom. The number of nitrogens with zero attached hydrogens (tertiary/aromatic N) is 2. The second kappa shape index (κ2) is 10.7. The zero-order valence-electron chi connectivity index (χ0n) is 13.7. The number of nitrogens with one attached hydrogen (secondary N) is 1. The van der Waals surface area contributed by atoms with Crippen molar-refractivity contribution in [2.45, 2.75) is 56.1 Å². The summed E-state index contributed by atoms with van der Waals surface area (Å²) in [6.45, 7) is 4.15. The van der Waals surface area contributed by atoms with E-state index in [4.69, 9.17) is 10.5 Å². The highest BCUT2D eigenvalue weighted by Gasteiger charge is 2.18. The Morgan fingerprint density at radius 1 is 1.30 bits per heavy atom. The number of hydrogen-bond acceptors (Lipinski definition) is 4.